The second-order valence-electron chi connectivity index (χ2n) is 7.89. The van der Waals surface area contributed by atoms with Crippen LogP contribution in [-0.2, 0) is 16.4 Å². The summed E-state index contributed by atoms with van der Waals surface area (Å²) in [6, 6.07) is 16.3. The van der Waals surface area contributed by atoms with Crippen LogP contribution in [0.15, 0.2) is 71.8 Å². The lowest BCUT2D eigenvalue weighted by molar-refractivity contribution is 0.102. The van der Waals surface area contributed by atoms with Crippen LogP contribution in [0.25, 0.3) is 11.3 Å². The molecule has 1 aliphatic heterocycles. The Balaban J connectivity index is 1.77. The number of hydrogen-bond donors (Lipinski definition) is 2. The second-order valence-corrected chi connectivity index (χ2v) is 9.57. The van der Waals surface area contributed by atoms with Gasteiger partial charge in [-0.25, -0.2) is 18.1 Å². The van der Waals surface area contributed by atoms with E-state index in [-0.39, 0.29) is 16.7 Å². The average molecular weight is 488 g/mol. The lowest BCUT2D eigenvalue weighted by Crippen LogP contribution is -2.18. The number of carbonyl (C=O) groups excluding carboxylic acids is 1. The van der Waals surface area contributed by atoms with E-state index in [1.54, 1.807) is 48.7 Å². The fourth-order valence-electron chi connectivity index (χ4n) is 3.81. The molecule has 0 unspecified atom stereocenters. The van der Waals surface area contributed by atoms with E-state index in [1.165, 1.54) is 12.1 Å². The minimum atomic E-state index is -4.07. The van der Waals surface area contributed by atoms with Gasteiger partial charge in [-0.1, -0.05) is 19.1 Å². The quantitative estimate of drug-likeness (QED) is 0.425. The van der Waals surface area contributed by atoms with Gasteiger partial charge in [0.1, 0.15) is 5.75 Å². The molecular formula is C25H21N5O4S. The number of hydrogen-bond acceptors (Lipinski definition) is 7. The zero-order valence-corrected chi connectivity index (χ0v) is 19.8. The summed E-state index contributed by atoms with van der Waals surface area (Å²) in [6.07, 6.45) is 2.18. The van der Waals surface area contributed by atoms with Crippen molar-refractivity contribution in [1.82, 2.24) is 15.0 Å². The topological polar surface area (TPSA) is 123 Å². The van der Waals surface area contributed by atoms with Gasteiger partial charge >= 0.3 is 0 Å². The number of sulfonamides is 1. The minimum absolute atomic E-state index is 0.0501. The van der Waals surface area contributed by atoms with E-state index < -0.39 is 15.9 Å². The molecule has 1 aliphatic rings. The molecule has 2 N–H and O–H groups in total. The van der Waals surface area contributed by atoms with Gasteiger partial charge in [-0.3, -0.25) is 9.78 Å². The van der Waals surface area contributed by atoms with Crippen LogP contribution < -0.4 is 14.8 Å². The molecule has 2 aromatic carbocycles. The zero-order valence-electron chi connectivity index (χ0n) is 18.9. The molecule has 0 radical (unpaired) electrons. The Morgan fingerprint density at radius 1 is 1.00 bits per heavy atom. The molecule has 3 heterocycles. The molecule has 6 bridgehead atoms. The van der Waals surface area contributed by atoms with Gasteiger partial charge in [-0.2, -0.15) is 4.98 Å². The Labute approximate surface area is 202 Å². The highest BCUT2D eigenvalue weighted by atomic mass is 32.2. The summed E-state index contributed by atoms with van der Waals surface area (Å²) in [7, 11) is -4.07. The lowest BCUT2D eigenvalue weighted by Gasteiger charge is -2.17. The van der Waals surface area contributed by atoms with Crippen LogP contribution in [0.1, 0.15) is 28.5 Å². The normalized spacial score (nSPS) is 14.2. The van der Waals surface area contributed by atoms with Crippen LogP contribution >= 0.6 is 0 Å². The number of aryl methyl sites for hydroxylation is 1. The maximum absolute atomic E-state index is 13.2. The molecule has 0 atom stereocenters. The summed E-state index contributed by atoms with van der Waals surface area (Å²) in [6.45, 7) is 3.78. The molecule has 0 spiro atoms. The smallest absolute Gasteiger partial charge is 0.264 e. The van der Waals surface area contributed by atoms with Crippen LogP contribution in [0.4, 0.5) is 11.6 Å². The Hall–Kier alpha value is -4.31. The van der Waals surface area contributed by atoms with Crippen LogP contribution in [0, 0.1) is 6.92 Å². The van der Waals surface area contributed by atoms with Crippen LogP contribution in [0.3, 0.4) is 0 Å². The first kappa shape index (κ1) is 22.5. The van der Waals surface area contributed by atoms with Gasteiger partial charge in [-0.15, -0.1) is 0 Å². The summed E-state index contributed by atoms with van der Waals surface area (Å²) in [4.78, 5) is 26.1. The maximum Gasteiger partial charge on any atom is 0.264 e. The molecule has 5 rings (SSSR count). The Kier molecular flexibility index (Phi) is 5.65. The predicted octanol–water partition coefficient (Wildman–Crippen LogP) is 4.57. The fraction of sp³-hybridized carbons (Fsp3) is 0.120. The minimum Gasteiger partial charge on any atom is -0.439 e. The first-order valence-electron chi connectivity index (χ1n) is 10.9. The van der Waals surface area contributed by atoms with Crippen molar-refractivity contribution in [2.75, 3.05) is 10.0 Å². The Bertz CT molecular complexity index is 1570. The van der Waals surface area contributed by atoms with Crippen LogP contribution in [0.2, 0.25) is 0 Å². The van der Waals surface area contributed by atoms with E-state index in [0.717, 1.165) is 11.3 Å². The highest BCUT2D eigenvalue weighted by Crippen LogP contribution is 2.34. The number of amides is 1. The molecule has 0 saturated heterocycles. The van der Waals surface area contributed by atoms with Crippen molar-refractivity contribution < 1.29 is 17.9 Å². The number of aromatic nitrogens is 3. The van der Waals surface area contributed by atoms with Gasteiger partial charge < -0.3 is 10.1 Å². The third-order valence-electron chi connectivity index (χ3n) is 5.52. The third kappa shape index (κ3) is 4.43. The van der Waals surface area contributed by atoms with Crippen molar-refractivity contribution in [2.24, 2.45) is 0 Å². The Morgan fingerprint density at radius 3 is 2.63 bits per heavy atom. The van der Waals surface area contributed by atoms with Crippen LogP contribution in [-0.4, -0.2) is 29.3 Å². The van der Waals surface area contributed by atoms with Crippen molar-refractivity contribution in [2.45, 2.75) is 25.2 Å². The first-order chi connectivity index (χ1) is 16.8. The van der Waals surface area contributed by atoms with E-state index in [2.05, 4.69) is 25.0 Å². The number of anilines is 2. The number of rotatable bonds is 2. The van der Waals surface area contributed by atoms with E-state index in [0.29, 0.717) is 34.7 Å². The van der Waals surface area contributed by atoms with E-state index in [4.69, 9.17) is 4.74 Å². The van der Waals surface area contributed by atoms with Crippen molar-refractivity contribution in [3.63, 3.8) is 0 Å². The molecule has 2 aromatic heterocycles. The summed E-state index contributed by atoms with van der Waals surface area (Å²) < 4.78 is 35.0. The number of carbonyl (C=O) groups is 1. The highest BCUT2D eigenvalue weighted by molar-refractivity contribution is 7.92. The molecule has 0 aliphatic carbocycles. The molecule has 176 valence electrons. The van der Waals surface area contributed by atoms with E-state index >= 15 is 0 Å². The third-order valence-corrected chi connectivity index (χ3v) is 6.85. The molecule has 35 heavy (non-hydrogen) atoms. The van der Waals surface area contributed by atoms with Crippen molar-refractivity contribution in [3.8, 4) is 22.9 Å². The van der Waals surface area contributed by atoms with Crippen molar-refractivity contribution >= 4 is 27.6 Å². The summed E-state index contributed by atoms with van der Waals surface area (Å²) in [5, 5.41) is 2.72. The number of nitrogens with one attached hydrogen (secondary N) is 2. The van der Waals surface area contributed by atoms with Crippen molar-refractivity contribution in [3.05, 3.63) is 83.7 Å². The van der Waals surface area contributed by atoms with Crippen molar-refractivity contribution in [1.29, 1.82) is 0 Å². The second kappa shape index (κ2) is 8.80. The molecule has 0 saturated carbocycles. The Morgan fingerprint density at radius 2 is 1.83 bits per heavy atom. The fourth-order valence-corrected chi connectivity index (χ4v) is 4.79. The molecular weight excluding hydrogens is 466 g/mol. The first-order valence-corrected chi connectivity index (χ1v) is 12.4. The molecule has 9 nitrogen and oxygen atoms in total. The van der Waals surface area contributed by atoms with Gasteiger partial charge in [0.25, 0.3) is 15.9 Å². The average Bonchev–Trinajstić information content (AvgIpc) is 2.84. The maximum atomic E-state index is 13.2. The predicted molar refractivity (Wildman–Crippen MR) is 131 cm³/mol. The summed E-state index contributed by atoms with van der Waals surface area (Å²) in [5.74, 6) is 0.0141. The number of ether oxygens (including phenoxy) is 1. The zero-order chi connectivity index (χ0) is 24.6. The summed E-state index contributed by atoms with van der Waals surface area (Å²) in [5.41, 5.74) is 3.32. The largest absolute Gasteiger partial charge is 0.439 e. The standard InChI is InChI=1S/C25H21N5O4S/c1-3-20-22(21-11-6-12-26-15(21)2)28-25-29-24(20)34-18-9-4-7-16(13-18)23(31)27-17-8-5-10-19(14-17)35(32,33)30-25/h4-14H,3H2,1-2H3,(H,27,31)(H,28,29,30). The van der Waals surface area contributed by atoms with Gasteiger partial charge in [0.15, 0.2) is 0 Å². The number of pyridine rings is 1. The van der Waals surface area contributed by atoms with Gasteiger partial charge in [0.2, 0.25) is 11.8 Å². The van der Waals surface area contributed by atoms with E-state index in [9.17, 15) is 13.2 Å². The van der Waals surface area contributed by atoms with E-state index in [1.807, 2.05) is 19.9 Å². The lowest BCUT2D eigenvalue weighted by atomic mass is 10.0. The van der Waals surface area contributed by atoms with Gasteiger partial charge in [0.05, 0.1) is 10.6 Å². The van der Waals surface area contributed by atoms with Gasteiger partial charge in [0, 0.05) is 34.3 Å². The SMILES string of the molecule is CCc1c2nc(nc1-c1cccnc1C)NS(=O)(=O)c1cccc(c1)NC(=O)c1cccc(c1)O2. The molecule has 0 fully saturated rings. The summed E-state index contributed by atoms with van der Waals surface area (Å²) >= 11 is 0. The highest BCUT2D eigenvalue weighted by Gasteiger charge is 2.23. The number of nitrogens with zero attached hydrogens (tertiary/aromatic N) is 3. The van der Waals surface area contributed by atoms with Crippen LogP contribution in [0.5, 0.6) is 11.6 Å². The number of fused-ring (bicyclic) bond motifs is 6. The monoisotopic (exact) mass is 487 g/mol. The number of benzene rings is 2. The molecule has 4 aromatic rings. The molecule has 1 amide bonds. The van der Waals surface area contributed by atoms with Gasteiger partial charge in [-0.05, 0) is 61.9 Å². The molecule has 10 heteroatoms.